The standard InChI is InChI=1S/C16H13BrO4/c1-21-14(20)8-7-11-15(10-5-3-2-4-6-10)12(18)9-13(19)16(11)17/h2-9,18-19H,1H3. The van der Waals surface area contributed by atoms with Gasteiger partial charge in [0.15, 0.2) is 0 Å². The molecule has 0 spiro atoms. The van der Waals surface area contributed by atoms with Crippen LogP contribution in [0.3, 0.4) is 0 Å². The lowest BCUT2D eigenvalue weighted by atomic mass is 9.97. The van der Waals surface area contributed by atoms with E-state index in [0.717, 1.165) is 5.56 Å². The van der Waals surface area contributed by atoms with Gasteiger partial charge in [-0.3, -0.25) is 0 Å². The normalized spacial score (nSPS) is 10.8. The van der Waals surface area contributed by atoms with Crippen molar-refractivity contribution in [2.24, 2.45) is 0 Å². The lowest BCUT2D eigenvalue weighted by Gasteiger charge is -2.12. The van der Waals surface area contributed by atoms with Gasteiger partial charge in [-0.1, -0.05) is 30.3 Å². The number of carbonyl (C=O) groups is 1. The molecule has 21 heavy (non-hydrogen) atoms. The predicted octanol–water partition coefficient (Wildman–Crippen LogP) is 3.71. The van der Waals surface area contributed by atoms with Gasteiger partial charge < -0.3 is 14.9 Å². The Kier molecular flexibility index (Phi) is 4.65. The van der Waals surface area contributed by atoms with Gasteiger partial charge in [0.25, 0.3) is 0 Å². The first kappa shape index (κ1) is 15.1. The molecule has 0 saturated heterocycles. The molecule has 0 aliphatic rings. The SMILES string of the molecule is COC(=O)C=Cc1c(Br)c(O)cc(O)c1-c1ccccc1. The minimum atomic E-state index is -0.524. The van der Waals surface area contributed by atoms with E-state index in [4.69, 9.17) is 0 Å². The zero-order valence-electron chi connectivity index (χ0n) is 11.2. The number of rotatable bonds is 3. The Labute approximate surface area is 130 Å². The van der Waals surface area contributed by atoms with E-state index in [2.05, 4.69) is 20.7 Å². The molecule has 0 atom stereocenters. The maximum atomic E-state index is 11.3. The van der Waals surface area contributed by atoms with E-state index in [9.17, 15) is 15.0 Å². The fourth-order valence-electron chi connectivity index (χ4n) is 1.93. The number of hydrogen-bond acceptors (Lipinski definition) is 4. The van der Waals surface area contributed by atoms with E-state index in [1.54, 1.807) is 0 Å². The van der Waals surface area contributed by atoms with Gasteiger partial charge in [0.05, 0.1) is 11.6 Å². The molecule has 0 unspecified atom stereocenters. The van der Waals surface area contributed by atoms with Gasteiger partial charge in [0.1, 0.15) is 11.5 Å². The molecule has 0 saturated carbocycles. The Hall–Kier alpha value is -2.27. The van der Waals surface area contributed by atoms with E-state index >= 15 is 0 Å². The summed E-state index contributed by atoms with van der Waals surface area (Å²) in [6.45, 7) is 0. The molecule has 5 heteroatoms. The monoisotopic (exact) mass is 348 g/mol. The number of phenols is 2. The average Bonchev–Trinajstić information content (AvgIpc) is 2.49. The fraction of sp³-hybridized carbons (Fsp3) is 0.0625. The van der Waals surface area contributed by atoms with Gasteiger partial charge in [0.2, 0.25) is 0 Å². The van der Waals surface area contributed by atoms with Gasteiger partial charge in [-0.15, -0.1) is 0 Å². The number of ether oxygens (including phenoxy) is 1. The number of hydrogen-bond donors (Lipinski definition) is 2. The highest BCUT2D eigenvalue weighted by Crippen LogP contribution is 2.42. The minimum Gasteiger partial charge on any atom is -0.507 e. The Bertz CT molecular complexity index is 693. The summed E-state index contributed by atoms with van der Waals surface area (Å²) < 4.78 is 4.94. The third-order valence-electron chi connectivity index (χ3n) is 2.91. The van der Waals surface area contributed by atoms with Crippen LogP contribution >= 0.6 is 15.9 Å². The molecule has 2 N–H and O–H groups in total. The van der Waals surface area contributed by atoms with Crippen molar-refractivity contribution >= 4 is 28.0 Å². The molecule has 4 nitrogen and oxygen atoms in total. The third-order valence-corrected chi connectivity index (χ3v) is 3.74. The number of carbonyl (C=O) groups excluding carboxylic acids is 1. The van der Waals surface area contributed by atoms with Crippen molar-refractivity contribution in [3.05, 3.63) is 52.5 Å². The second-order valence-corrected chi connectivity index (χ2v) is 5.03. The summed E-state index contributed by atoms with van der Waals surface area (Å²) in [4.78, 5) is 11.3. The first-order chi connectivity index (χ1) is 10.0. The number of phenolic OH excluding ortho intramolecular Hbond substituents is 2. The van der Waals surface area contributed by atoms with Crippen LogP contribution in [-0.2, 0) is 9.53 Å². The van der Waals surface area contributed by atoms with Crippen LogP contribution in [0.25, 0.3) is 17.2 Å². The third kappa shape index (κ3) is 3.25. The van der Waals surface area contributed by atoms with Crippen LogP contribution in [0.1, 0.15) is 5.56 Å². The van der Waals surface area contributed by atoms with E-state index in [-0.39, 0.29) is 11.5 Å². The summed E-state index contributed by atoms with van der Waals surface area (Å²) >= 11 is 3.27. The van der Waals surface area contributed by atoms with Gasteiger partial charge in [0, 0.05) is 23.3 Å². The number of methoxy groups -OCH3 is 1. The molecule has 0 bridgehead atoms. The van der Waals surface area contributed by atoms with Crippen LogP contribution in [0.2, 0.25) is 0 Å². The molecule has 0 radical (unpaired) electrons. The van der Waals surface area contributed by atoms with Crippen LogP contribution in [0.4, 0.5) is 0 Å². The minimum absolute atomic E-state index is 0.0774. The quantitative estimate of drug-likeness (QED) is 0.655. The van der Waals surface area contributed by atoms with Crippen molar-refractivity contribution in [3.63, 3.8) is 0 Å². The van der Waals surface area contributed by atoms with Gasteiger partial charge in [-0.05, 0) is 27.6 Å². The van der Waals surface area contributed by atoms with Crippen molar-refractivity contribution < 1.29 is 19.7 Å². The van der Waals surface area contributed by atoms with Crippen molar-refractivity contribution in [1.29, 1.82) is 0 Å². The predicted molar refractivity (Wildman–Crippen MR) is 84.0 cm³/mol. The summed E-state index contributed by atoms with van der Waals surface area (Å²) in [6.07, 6.45) is 2.71. The molecular weight excluding hydrogens is 336 g/mol. The summed E-state index contributed by atoms with van der Waals surface area (Å²) in [6, 6.07) is 10.4. The molecule has 0 fully saturated rings. The van der Waals surface area contributed by atoms with Crippen molar-refractivity contribution in [2.45, 2.75) is 0 Å². The highest BCUT2D eigenvalue weighted by atomic mass is 79.9. The summed E-state index contributed by atoms with van der Waals surface area (Å²) in [5.41, 5.74) is 1.77. The molecule has 0 aliphatic carbocycles. The first-order valence-corrected chi connectivity index (χ1v) is 6.89. The van der Waals surface area contributed by atoms with Crippen LogP contribution in [0, 0.1) is 0 Å². The molecule has 0 aliphatic heterocycles. The van der Waals surface area contributed by atoms with E-state index in [1.807, 2.05) is 30.3 Å². The Morgan fingerprint density at radius 2 is 1.86 bits per heavy atom. The molecule has 108 valence electrons. The topological polar surface area (TPSA) is 66.8 Å². The van der Waals surface area contributed by atoms with Gasteiger partial charge >= 0.3 is 5.97 Å². The van der Waals surface area contributed by atoms with Crippen molar-refractivity contribution in [1.82, 2.24) is 0 Å². The van der Waals surface area contributed by atoms with Crippen LogP contribution in [0.5, 0.6) is 11.5 Å². The van der Waals surface area contributed by atoms with Crippen LogP contribution < -0.4 is 0 Å². The number of benzene rings is 2. The van der Waals surface area contributed by atoms with Crippen molar-refractivity contribution in [3.8, 4) is 22.6 Å². The zero-order valence-corrected chi connectivity index (χ0v) is 12.8. The second-order valence-electron chi connectivity index (χ2n) is 4.24. The lowest BCUT2D eigenvalue weighted by Crippen LogP contribution is -1.94. The highest BCUT2D eigenvalue weighted by molar-refractivity contribution is 9.10. The largest absolute Gasteiger partial charge is 0.507 e. The van der Waals surface area contributed by atoms with Gasteiger partial charge in [-0.25, -0.2) is 4.79 Å². The van der Waals surface area contributed by atoms with Gasteiger partial charge in [-0.2, -0.15) is 0 Å². The molecular formula is C16H13BrO4. The van der Waals surface area contributed by atoms with Crippen LogP contribution in [-0.4, -0.2) is 23.3 Å². The summed E-state index contributed by atoms with van der Waals surface area (Å²) in [7, 11) is 1.28. The van der Waals surface area contributed by atoms with Crippen LogP contribution in [0.15, 0.2) is 46.9 Å². The molecule has 0 heterocycles. The molecule has 0 amide bonds. The maximum absolute atomic E-state index is 11.3. The number of esters is 1. The van der Waals surface area contributed by atoms with E-state index in [1.165, 1.54) is 25.3 Å². The van der Waals surface area contributed by atoms with E-state index in [0.29, 0.717) is 15.6 Å². The summed E-state index contributed by atoms with van der Waals surface area (Å²) in [5, 5.41) is 20.0. The molecule has 0 aromatic heterocycles. The highest BCUT2D eigenvalue weighted by Gasteiger charge is 2.16. The van der Waals surface area contributed by atoms with Crippen molar-refractivity contribution in [2.75, 3.05) is 7.11 Å². The Morgan fingerprint density at radius 3 is 2.48 bits per heavy atom. The number of aromatic hydroxyl groups is 2. The Balaban J connectivity index is 2.66. The Morgan fingerprint density at radius 1 is 1.19 bits per heavy atom. The maximum Gasteiger partial charge on any atom is 0.330 e. The fourth-order valence-corrected chi connectivity index (χ4v) is 2.38. The second kappa shape index (κ2) is 6.45. The molecule has 2 aromatic carbocycles. The molecule has 2 aromatic rings. The lowest BCUT2D eigenvalue weighted by molar-refractivity contribution is -0.134. The number of halogens is 1. The first-order valence-electron chi connectivity index (χ1n) is 6.10. The van der Waals surface area contributed by atoms with E-state index < -0.39 is 5.97 Å². The zero-order chi connectivity index (χ0) is 15.4. The average molecular weight is 349 g/mol. The summed E-state index contributed by atoms with van der Waals surface area (Å²) in [5.74, 6) is -0.716. The molecule has 2 rings (SSSR count). The smallest absolute Gasteiger partial charge is 0.330 e.